The second kappa shape index (κ2) is 6.20. The van der Waals surface area contributed by atoms with Gasteiger partial charge in [0.15, 0.2) is 0 Å². The Morgan fingerprint density at radius 2 is 2.16 bits per heavy atom. The lowest BCUT2D eigenvalue weighted by Gasteiger charge is -2.08. The summed E-state index contributed by atoms with van der Waals surface area (Å²) in [5.74, 6) is -0.129. The van der Waals surface area contributed by atoms with E-state index in [1.54, 1.807) is 10.7 Å². The molecule has 19 heavy (non-hydrogen) atoms. The molecule has 6 heteroatoms. The van der Waals surface area contributed by atoms with Crippen LogP contribution in [0.2, 0.25) is 5.02 Å². The van der Waals surface area contributed by atoms with Gasteiger partial charge in [-0.2, -0.15) is 5.10 Å². The predicted octanol–water partition coefficient (Wildman–Crippen LogP) is 4.70. The van der Waals surface area contributed by atoms with Crippen molar-refractivity contribution < 1.29 is 4.79 Å². The van der Waals surface area contributed by atoms with Gasteiger partial charge in [0, 0.05) is 21.1 Å². The lowest BCUT2D eigenvalue weighted by atomic mass is 10.1. The van der Waals surface area contributed by atoms with Gasteiger partial charge in [-0.25, -0.2) is 0 Å². The van der Waals surface area contributed by atoms with Crippen molar-refractivity contribution in [3.05, 3.63) is 49.6 Å². The number of carbonyl (C=O) groups excluding carboxylic acids is 1. The first-order chi connectivity index (χ1) is 9.04. The van der Waals surface area contributed by atoms with Crippen LogP contribution in [-0.4, -0.2) is 15.6 Å². The van der Waals surface area contributed by atoms with Gasteiger partial charge in [0.25, 0.3) is 0 Å². The van der Waals surface area contributed by atoms with Crippen molar-refractivity contribution in [3.63, 3.8) is 0 Å². The van der Waals surface area contributed by atoms with E-state index in [9.17, 15) is 4.79 Å². The molecule has 0 aliphatic carbocycles. The van der Waals surface area contributed by atoms with Gasteiger partial charge in [0.1, 0.15) is 5.69 Å². The van der Waals surface area contributed by atoms with Gasteiger partial charge in [0.2, 0.25) is 5.78 Å². The quantitative estimate of drug-likeness (QED) is 0.690. The third kappa shape index (κ3) is 3.09. The summed E-state index contributed by atoms with van der Waals surface area (Å²) in [7, 11) is 0. The number of halogens is 3. The van der Waals surface area contributed by atoms with Crippen LogP contribution in [0.25, 0.3) is 0 Å². The Kier molecular flexibility index (Phi) is 4.81. The fraction of sp³-hybridized carbons (Fsp3) is 0.231. The minimum absolute atomic E-state index is 0.129. The van der Waals surface area contributed by atoms with Crippen LogP contribution in [0, 0.1) is 0 Å². The van der Waals surface area contributed by atoms with Crippen LogP contribution in [0.4, 0.5) is 0 Å². The molecule has 0 spiro atoms. The largest absolute Gasteiger partial charge is 0.287 e. The maximum absolute atomic E-state index is 12.6. The van der Waals surface area contributed by atoms with Gasteiger partial charge in [-0.1, -0.05) is 34.5 Å². The van der Waals surface area contributed by atoms with Crippen molar-refractivity contribution >= 4 is 49.2 Å². The van der Waals surface area contributed by atoms with Crippen molar-refractivity contribution in [2.24, 2.45) is 0 Å². The van der Waals surface area contributed by atoms with Gasteiger partial charge in [-0.05, 0) is 40.5 Å². The van der Waals surface area contributed by atoms with Crippen LogP contribution < -0.4 is 0 Å². The van der Waals surface area contributed by atoms with Crippen LogP contribution in [0.5, 0.6) is 0 Å². The first kappa shape index (κ1) is 14.8. The predicted molar refractivity (Wildman–Crippen MR) is 82.8 cm³/mol. The second-order valence-corrected chi connectivity index (χ2v) is 6.19. The van der Waals surface area contributed by atoms with Gasteiger partial charge in [0.05, 0.1) is 11.2 Å². The molecule has 0 aliphatic rings. The van der Waals surface area contributed by atoms with E-state index in [2.05, 4.69) is 37.0 Å². The molecule has 0 amide bonds. The zero-order chi connectivity index (χ0) is 14.0. The molecule has 1 heterocycles. The zero-order valence-corrected chi connectivity index (χ0v) is 14.1. The number of nitrogens with zero attached hydrogens (tertiary/aromatic N) is 2. The fourth-order valence-corrected chi connectivity index (χ4v) is 3.22. The van der Waals surface area contributed by atoms with E-state index in [0.29, 0.717) is 22.8 Å². The average molecular weight is 407 g/mol. The Morgan fingerprint density at radius 1 is 1.42 bits per heavy atom. The van der Waals surface area contributed by atoms with E-state index in [4.69, 9.17) is 11.6 Å². The number of hydrogen-bond donors (Lipinski definition) is 0. The maximum atomic E-state index is 12.6. The van der Waals surface area contributed by atoms with E-state index in [1.807, 2.05) is 19.1 Å². The first-order valence-corrected chi connectivity index (χ1v) is 7.72. The van der Waals surface area contributed by atoms with Crippen LogP contribution in [0.3, 0.4) is 0 Å². The standard InChI is InChI=1S/C13H11Br2ClN2O/c1-2-5-18-12(11(16)7-17-18)13(19)9-4-3-8(14)6-10(9)15/h3-4,6-7H,2,5H2,1H3. The van der Waals surface area contributed by atoms with Crippen molar-refractivity contribution in [1.29, 1.82) is 0 Å². The smallest absolute Gasteiger partial charge is 0.213 e. The molecule has 0 saturated heterocycles. The summed E-state index contributed by atoms with van der Waals surface area (Å²) in [4.78, 5) is 12.6. The van der Waals surface area contributed by atoms with E-state index in [1.165, 1.54) is 6.20 Å². The molecule has 0 radical (unpaired) electrons. The number of aromatic nitrogens is 2. The third-order valence-corrected chi connectivity index (χ3v) is 4.05. The first-order valence-electron chi connectivity index (χ1n) is 5.75. The van der Waals surface area contributed by atoms with Crippen molar-refractivity contribution in [2.75, 3.05) is 0 Å². The number of rotatable bonds is 4. The van der Waals surface area contributed by atoms with E-state index < -0.39 is 0 Å². The summed E-state index contributed by atoms with van der Waals surface area (Å²) in [6.45, 7) is 2.70. The minimum atomic E-state index is -0.129. The Morgan fingerprint density at radius 3 is 2.79 bits per heavy atom. The minimum Gasteiger partial charge on any atom is -0.287 e. The summed E-state index contributed by atoms with van der Waals surface area (Å²) in [6, 6.07) is 5.42. The zero-order valence-electron chi connectivity index (χ0n) is 10.2. The highest BCUT2D eigenvalue weighted by molar-refractivity contribution is 9.11. The fourth-order valence-electron chi connectivity index (χ4n) is 1.77. The van der Waals surface area contributed by atoms with Gasteiger partial charge < -0.3 is 0 Å². The summed E-state index contributed by atoms with van der Waals surface area (Å²) >= 11 is 12.8. The highest BCUT2D eigenvalue weighted by Gasteiger charge is 2.20. The lowest BCUT2D eigenvalue weighted by Crippen LogP contribution is -2.12. The van der Waals surface area contributed by atoms with Crippen LogP contribution in [0.1, 0.15) is 29.4 Å². The lowest BCUT2D eigenvalue weighted by molar-refractivity contribution is 0.102. The molecular formula is C13H11Br2ClN2O. The molecule has 100 valence electrons. The summed E-state index contributed by atoms with van der Waals surface area (Å²) in [5.41, 5.74) is 1.01. The summed E-state index contributed by atoms with van der Waals surface area (Å²) in [5, 5.41) is 4.52. The molecule has 0 aliphatic heterocycles. The molecule has 3 nitrogen and oxygen atoms in total. The number of benzene rings is 1. The molecule has 0 bridgehead atoms. The average Bonchev–Trinajstić information content (AvgIpc) is 2.70. The van der Waals surface area contributed by atoms with E-state index in [0.717, 1.165) is 15.4 Å². The molecular weight excluding hydrogens is 395 g/mol. The number of hydrogen-bond acceptors (Lipinski definition) is 2. The molecule has 0 saturated carbocycles. The Bertz CT molecular complexity index is 625. The highest BCUT2D eigenvalue weighted by Crippen LogP contribution is 2.26. The van der Waals surface area contributed by atoms with Gasteiger partial charge in [-0.3, -0.25) is 9.48 Å². The molecule has 1 aromatic carbocycles. The molecule has 0 fully saturated rings. The number of ketones is 1. The Labute approximate surface area is 133 Å². The Balaban J connectivity index is 2.46. The molecule has 0 atom stereocenters. The molecule has 0 N–H and O–H groups in total. The molecule has 0 unspecified atom stereocenters. The second-order valence-electron chi connectivity index (χ2n) is 4.02. The SMILES string of the molecule is CCCn1ncc(Cl)c1C(=O)c1ccc(Br)cc1Br. The topological polar surface area (TPSA) is 34.9 Å². The normalized spacial score (nSPS) is 10.7. The van der Waals surface area contributed by atoms with Gasteiger partial charge >= 0.3 is 0 Å². The molecule has 2 aromatic rings. The maximum Gasteiger partial charge on any atom is 0.213 e. The Hall–Kier alpha value is -0.650. The number of carbonyl (C=O) groups is 1. The molecule has 2 rings (SSSR count). The molecule has 1 aromatic heterocycles. The van der Waals surface area contributed by atoms with Crippen molar-refractivity contribution in [3.8, 4) is 0 Å². The van der Waals surface area contributed by atoms with E-state index >= 15 is 0 Å². The summed E-state index contributed by atoms with van der Waals surface area (Å²) < 4.78 is 3.29. The number of aryl methyl sites for hydroxylation is 1. The van der Waals surface area contributed by atoms with Crippen LogP contribution in [-0.2, 0) is 6.54 Å². The van der Waals surface area contributed by atoms with Gasteiger partial charge in [-0.15, -0.1) is 0 Å². The summed E-state index contributed by atoms with van der Waals surface area (Å²) in [6.07, 6.45) is 2.40. The highest BCUT2D eigenvalue weighted by atomic mass is 79.9. The third-order valence-electron chi connectivity index (χ3n) is 2.62. The van der Waals surface area contributed by atoms with Crippen LogP contribution >= 0.6 is 43.5 Å². The monoisotopic (exact) mass is 404 g/mol. The van der Waals surface area contributed by atoms with Crippen molar-refractivity contribution in [2.45, 2.75) is 19.9 Å². The van der Waals surface area contributed by atoms with Crippen LogP contribution in [0.15, 0.2) is 33.3 Å². The van der Waals surface area contributed by atoms with Crippen molar-refractivity contribution in [1.82, 2.24) is 9.78 Å². The van der Waals surface area contributed by atoms with E-state index in [-0.39, 0.29) is 5.78 Å².